The first-order valence-electron chi connectivity index (χ1n) is 9.40. The zero-order chi connectivity index (χ0) is 20.9. The first kappa shape index (κ1) is 22.8. The van der Waals surface area contributed by atoms with Gasteiger partial charge in [0.25, 0.3) is 0 Å². The van der Waals surface area contributed by atoms with Gasteiger partial charge in [0, 0.05) is 33.1 Å². The minimum atomic E-state index is -3.69. The number of rotatable bonds is 8. The molecule has 0 radical (unpaired) electrons. The van der Waals surface area contributed by atoms with Crippen LogP contribution in [0.3, 0.4) is 0 Å². The Morgan fingerprint density at radius 3 is 2.32 bits per heavy atom. The Morgan fingerprint density at radius 1 is 1.14 bits per heavy atom. The summed E-state index contributed by atoms with van der Waals surface area (Å²) in [5.74, 6) is -0.504. The lowest BCUT2D eigenvalue weighted by atomic mass is 9.97. The highest BCUT2D eigenvalue weighted by Crippen LogP contribution is 2.26. The van der Waals surface area contributed by atoms with Gasteiger partial charge in [-0.2, -0.15) is 0 Å². The summed E-state index contributed by atoms with van der Waals surface area (Å²) in [6, 6.07) is 6.27. The molecule has 1 aliphatic heterocycles. The fourth-order valence-electron chi connectivity index (χ4n) is 3.08. The number of carbonyl (C=O) groups excluding carboxylic acids is 1. The number of anilines is 1. The number of sulfonamides is 2. The van der Waals surface area contributed by atoms with E-state index >= 15 is 0 Å². The van der Waals surface area contributed by atoms with Crippen LogP contribution in [0.5, 0.6) is 0 Å². The first-order chi connectivity index (χ1) is 13.1. The number of hydrogen-bond donors (Lipinski definition) is 1. The third kappa shape index (κ3) is 5.31. The highest BCUT2D eigenvalue weighted by Gasteiger charge is 2.31. The number of nitrogens with zero attached hydrogens (tertiary/aromatic N) is 2. The third-order valence-electron chi connectivity index (χ3n) is 4.88. The highest BCUT2D eigenvalue weighted by atomic mass is 32.2. The second kappa shape index (κ2) is 9.34. The molecule has 1 saturated heterocycles. The van der Waals surface area contributed by atoms with Gasteiger partial charge in [0.15, 0.2) is 0 Å². The predicted octanol–water partition coefficient (Wildman–Crippen LogP) is 1.72. The van der Waals surface area contributed by atoms with Crippen molar-refractivity contribution in [2.75, 3.05) is 38.3 Å². The Kier molecular flexibility index (Phi) is 7.60. The number of amides is 1. The maximum absolute atomic E-state index is 12.7. The minimum absolute atomic E-state index is 0.0351. The molecule has 0 spiro atoms. The van der Waals surface area contributed by atoms with E-state index in [1.54, 1.807) is 18.2 Å². The molecule has 28 heavy (non-hydrogen) atoms. The van der Waals surface area contributed by atoms with Crippen molar-refractivity contribution in [2.24, 2.45) is 5.92 Å². The van der Waals surface area contributed by atoms with Crippen LogP contribution in [0, 0.1) is 5.92 Å². The fourth-order valence-corrected chi connectivity index (χ4v) is 5.80. The molecule has 0 bridgehead atoms. The van der Waals surface area contributed by atoms with Crippen molar-refractivity contribution in [3.8, 4) is 0 Å². The lowest BCUT2D eigenvalue weighted by Gasteiger charge is -2.30. The van der Waals surface area contributed by atoms with Crippen molar-refractivity contribution < 1.29 is 21.6 Å². The largest absolute Gasteiger partial charge is 0.325 e. The highest BCUT2D eigenvalue weighted by molar-refractivity contribution is 7.89. The molecule has 1 aromatic rings. The summed E-state index contributed by atoms with van der Waals surface area (Å²) < 4.78 is 52.0. The monoisotopic (exact) mass is 431 g/mol. The van der Waals surface area contributed by atoms with Crippen LogP contribution in [-0.4, -0.2) is 64.3 Å². The van der Waals surface area contributed by atoms with Crippen LogP contribution in [0.1, 0.15) is 32.6 Å². The van der Waals surface area contributed by atoms with Crippen LogP contribution >= 0.6 is 0 Å². The van der Waals surface area contributed by atoms with Gasteiger partial charge >= 0.3 is 0 Å². The quantitative estimate of drug-likeness (QED) is 0.675. The summed E-state index contributed by atoms with van der Waals surface area (Å²) >= 11 is 0. The van der Waals surface area contributed by atoms with Crippen molar-refractivity contribution in [1.82, 2.24) is 8.61 Å². The molecule has 0 aromatic heterocycles. The van der Waals surface area contributed by atoms with E-state index in [1.165, 1.54) is 24.5 Å². The molecule has 8 nitrogen and oxygen atoms in total. The number of hydrogen-bond acceptors (Lipinski definition) is 5. The van der Waals surface area contributed by atoms with E-state index < -0.39 is 20.0 Å². The second-order valence-electron chi connectivity index (χ2n) is 7.12. The molecule has 0 atom stereocenters. The summed E-state index contributed by atoms with van der Waals surface area (Å²) in [5, 5.41) is 2.72. The molecule has 1 aromatic carbocycles. The summed E-state index contributed by atoms with van der Waals surface area (Å²) in [6.45, 7) is 2.56. The predicted molar refractivity (Wildman–Crippen MR) is 109 cm³/mol. The van der Waals surface area contributed by atoms with Crippen LogP contribution in [0.25, 0.3) is 0 Å². The molecule has 1 heterocycles. The number of benzene rings is 1. The van der Waals surface area contributed by atoms with E-state index in [4.69, 9.17) is 0 Å². The van der Waals surface area contributed by atoms with Crippen LogP contribution in [0.2, 0.25) is 0 Å². The van der Waals surface area contributed by atoms with Gasteiger partial charge in [0.1, 0.15) is 4.90 Å². The van der Waals surface area contributed by atoms with Crippen LogP contribution in [0.4, 0.5) is 5.69 Å². The van der Waals surface area contributed by atoms with E-state index in [0.717, 1.165) is 10.7 Å². The van der Waals surface area contributed by atoms with E-state index in [2.05, 4.69) is 5.32 Å². The fraction of sp³-hybridized carbons (Fsp3) is 0.611. The van der Waals surface area contributed by atoms with E-state index in [9.17, 15) is 21.6 Å². The van der Waals surface area contributed by atoms with Gasteiger partial charge in [-0.05, 0) is 31.4 Å². The van der Waals surface area contributed by atoms with Gasteiger partial charge in [-0.15, -0.1) is 0 Å². The van der Waals surface area contributed by atoms with Crippen molar-refractivity contribution in [3.63, 3.8) is 0 Å². The molecule has 158 valence electrons. The van der Waals surface area contributed by atoms with Crippen LogP contribution < -0.4 is 5.32 Å². The van der Waals surface area contributed by atoms with E-state index in [-0.39, 0.29) is 28.2 Å². The van der Waals surface area contributed by atoms with Gasteiger partial charge in [-0.1, -0.05) is 25.5 Å². The SMILES string of the molecule is CCCCS(=O)(=O)N1CCC(C(=O)Nc2ccccc2S(=O)(=O)N(C)C)CC1. The number of para-hydroxylation sites is 1. The van der Waals surface area contributed by atoms with E-state index in [0.29, 0.717) is 32.4 Å². The normalized spacial score (nSPS) is 17.0. The lowest BCUT2D eigenvalue weighted by Crippen LogP contribution is -2.42. The molecule has 10 heteroatoms. The summed E-state index contributed by atoms with van der Waals surface area (Å²) in [7, 11) is -4.10. The molecule has 1 fully saturated rings. The Labute approximate surface area is 168 Å². The molecular formula is C18H29N3O5S2. The molecule has 1 amide bonds. The maximum atomic E-state index is 12.7. The molecule has 2 rings (SSSR count). The average Bonchev–Trinajstić information content (AvgIpc) is 2.66. The molecule has 0 aliphatic carbocycles. The zero-order valence-corrected chi connectivity index (χ0v) is 18.2. The number of unbranched alkanes of at least 4 members (excludes halogenated alkanes) is 1. The molecular weight excluding hydrogens is 402 g/mol. The molecule has 1 N–H and O–H groups in total. The molecule has 1 aliphatic rings. The number of nitrogens with one attached hydrogen (secondary N) is 1. The first-order valence-corrected chi connectivity index (χ1v) is 12.4. The van der Waals surface area contributed by atoms with Crippen molar-refractivity contribution in [2.45, 2.75) is 37.5 Å². The standard InChI is InChI=1S/C18H29N3O5S2/c1-4-5-14-27(23,24)21-12-10-15(11-13-21)18(22)19-16-8-6-7-9-17(16)28(25,26)20(2)3/h6-9,15H,4-5,10-14H2,1-3H3,(H,19,22). The van der Waals surface area contributed by atoms with Crippen molar-refractivity contribution in [1.29, 1.82) is 0 Å². The Balaban J connectivity index is 2.05. The number of carbonyl (C=O) groups is 1. The summed E-state index contributed by atoms with van der Waals surface area (Å²) in [5.41, 5.74) is 0.235. The van der Waals surface area contributed by atoms with Gasteiger partial charge in [0.05, 0.1) is 11.4 Å². The zero-order valence-electron chi connectivity index (χ0n) is 16.6. The second-order valence-corrected chi connectivity index (χ2v) is 11.3. The Morgan fingerprint density at radius 2 is 1.75 bits per heavy atom. The number of piperidine rings is 1. The smallest absolute Gasteiger partial charge is 0.244 e. The van der Waals surface area contributed by atoms with Gasteiger partial charge in [-0.3, -0.25) is 4.79 Å². The minimum Gasteiger partial charge on any atom is -0.325 e. The van der Waals surface area contributed by atoms with Gasteiger partial charge in [0.2, 0.25) is 26.0 Å². The summed E-state index contributed by atoms with van der Waals surface area (Å²) in [6.07, 6.45) is 2.27. The van der Waals surface area contributed by atoms with Gasteiger partial charge in [-0.25, -0.2) is 25.4 Å². The molecule has 0 saturated carbocycles. The average molecular weight is 432 g/mol. The lowest BCUT2D eigenvalue weighted by molar-refractivity contribution is -0.120. The topological polar surface area (TPSA) is 104 Å². The summed E-state index contributed by atoms with van der Waals surface area (Å²) in [4.78, 5) is 12.7. The Hall–Kier alpha value is -1.49. The third-order valence-corrected chi connectivity index (χ3v) is 8.71. The van der Waals surface area contributed by atoms with E-state index in [1.807, 2.05) is 6.92 Å². The van der Waals surface area contributed by atoms with Gasteiger partial charge < -0.3 is 5.32 Å². The van der Waals surface area contributed by atoms with Crippen LogP contribution in [-0.2, 0) is 24.8 Å². The van der Waals surface area contributed by atoms with Crippen molar-refractivity contribution in [3.05, 3.63) is 24.3 Å². The van der Waals surface area contributed by atoms with Crippen LogP contribution in [0.15, 0.2) is 29.2 Å². The molecule has 0 unspecified atom stereocenters. The van der Waals surface area contributed by atoms with Crippen molar-refractivity contribution >= 4 is 31.6 Å². The Bertz CT molecular complexity index is 890. The maximum Gasteiger partial charge on any atom is 0.244 e.